The molecule has 1 aromatic carbocycles. The number of fused-ring (bicyclic) bond motifs is 4. The van der Waals surface area contributed by atoms with Gasteiger partial charge in [-0.3, -0.25) is 0 Å². The first kappa shape index (κ1) is 13.5. The molecule has 2 aliphatic rings. The first-order valence-electron chi connectivity index (χ1n) is 7.13. The van der Waals surface area contributed by atoms with Gasteiger partial charge in [-0.25, -0.2) is 0 Å². The van der Waals surface area contributed by atoms with E-state index in [1.54, 1.807) is 0 Å². The van der Waals surface area contributed by atoms with Gasteiger partial charge in [0.25, 0.3) is 0 Å². The van der Waals surface area contributed by atoms with Gasteiger partial charge in [-0.2, -0.15) is 0 Å². The molecule has 0 aliphatic heterocycles. The summed E-state index contributed by atoms with van der Waals surface area (Å²) in [7, 11) is 0. The van der Waals surface area contributed by atoms with Crippen LogP contribution in [0.15, 0.2) is 18.2 Å². The van der Waals surface area contributed by atoms with Crippen LogP contribution < -0.4 is 0 Å². The second-order valence-corrected chi connectivity index (χ2v) is 8.48. The zero-order valence-corrected chi connectivity index (χ0v) is 13.0. The standard InChI is InChI=1S/C17H23ClO/c1-15(2)8-16(3)10-17(4,9-15)14(19)12-6-5-11(18)7-13(12)16/h5-7,14,19H,8-10H2,1-4H3. The molecular formula is C17H23ClO. The van der Waals surface area contributed by atoms with Gasteiger partial charge in [0.05, 0.1) is 6.10 Å². The molecule has 0 spiro atoms. The summed E-state index contributed by atoms with van der Waals surface area (Å²) in [6.07, 6.45) is 2.93. The minimum absolute atomic E-state index is 0.0165. The van der Waals surface area contributed by atoms with E-state index in [0.29, 0.717) is 0 Å². The summed E-state index contributed by atoms with van der Waals surface area (Å²) < 4.78 is 0. The van der Waals surface area contributed by atoms with Gasteiger partial charge in [0.2, 0.25) is 0 Å². The minimum Gasteiger partial charge on any atom is -0.388 e. The van der Waals surface area contributed by atoms with Crippen LogP contribution in [0.5, 0.6) is 0 Å². The maximum atomic E-state index is 10.8. The van der Waals surface area contributed by atoms with E-state index in [2.05, 4.69) is 33.8 Å². The molecule has 0 heterocycles. The summed E-state index contributed by atoms with van der Waals surface area (Å²) in [6, 6.07) is 6.00. The van der Waals surface area contributed by atoms with Crippen LogP contribution >= 0.6 is 11.6 Å². The molecule has 104 valence electrons. The number of benzene rings is 1. The summed E-state index contributed by atoms with van der Waals surface area (Å²) in [5.74, 6) is 0. The van der Waals surface area contributed by atoms with Gasteiger partial charge in [0, 0.05) is 5.02 Å². The SMILES string of the molecule is CC1(C)CC2(C)CC(C)(C1)C(O)c1ccc(Cl)cc12. The highest BCUT2D eigenvalue weighted by Crippen LogP contribution is 2.63. The van der Waals surface area contributed by atoms with Crippen molar-refractivity contribution in [1.29, 1.82) is 0 Å². The third-order valence-corrected chi connectivity index (χ3v) is 5.40. The van der Waals surface area contributed by atoms with Crippen molar-refractivity contribution in [1.82, 2.24) is 0 Å². The topological polar surface area (TPSA) is 20.2 Å². The molecule has 0 aromatic heterocycles. The molecule has 2 aliphatic carbocycles. The largest absolute Gasteiger partial charge is 0.388 e. The molecule has 1 nitrogen and oxygen atoms in total. The summed E-state index contributed by atoms with van der Waals surface area (Å²) in [5.41, 5.74) is 2.74. The van der Waals surface area contributed by atoms with Gasteiger partial charge in [-0.05, 0) is 58.8 Å². The first-order chi connectivity index (χ1) is 8.65. The van der Waals surface area contributed by atoms with Crippen molar-refractivity contribution in [3.63, 3.8) is 0 Å². The Bertz CT molecular complexity index is 536. The van der Waals surface area contributed by atoms with Crippen molar-refractivity contribution in [2.75, 3.05) is 0 Å². The highest BCUT2D eigenvalue weighted by Gasteiger charge is 2.55. The fourth-order valence-electron chi connectivity index (χ4n) is 5.28. The Morgan fingerprint density at radius 3 is 2.47 bits per heavy atom. The normalized spacial score (nSPS) is 39.8. The smallest absolute Gasteiger partial charge is 0.0846 e. The third kappa shape index (κ3) is 1.94. The predicted molar refractivity (Wildman–Crippen MR) is 79.5 cm³/mol. The molecule has 0 saturated heterocycles. The van der Waals surface area contributed by atoms with Gasteiger partial charge < -0.3 is 5.11 Å². The molecule has 3 atom stereocenters. The van der Waals surface area contributed by atoms with Gasteiger partial charge in [-0.15, -0.1) is 0 Å². The van der Waals surface area contributed by atoms with Gasteiger partial charge in [0.1, 0.15) is 0 Å². The molecule has 2 heteroatoms. The molecule has 2 bridgehead atoms. The van der Waals surface area contributed by atoms with E-state index in [4.69, 9.17) is 11.6 Å². The number of hydrogen-bond donors (Lipinski definition) is 1. The van der Waals surface area contributed by atoms with E-state index in [9.17, 15) is 5.11 Å². The van der Waals surface area contributed by atoms with Crippen molar-refractivity contribution < 1.29 is 5.11 Å². The summed E-state index contributed by atoms with van der Waals surface area (Å²) in [6.45, 7) is 9.23. The molecule has 0 amide bonds. The highest BCUT2D eigenvalue weighted by molar-refractivity contribution is 6.30. The monoisotopic (exact) mass is 278 g/mol. The summed E-state index contributed by atoms with van der Waals surface area (Å²) in [5, 5.41) is 11.6. The zero-order valence-electron chi connectivity index (χ0n) is 12.3. The van der Waals surface area contributed by atoms with E-state index in [1.807, 2.05) is 12.1 Å². The minimum atomic E-state index is -0.368. The highest BCUT2D eigenvalue weighted by atomic mass is 35.5. The molecule has 3 unspecified atom stereocenters. The Hall–Kier alpha value is -0.530. The number of aliphatic hydroxyl groups excluding tert-OH is 1. The second-order valence-electron chi connectivity index (χ2n) is 8.04. The Balaban J connectivity index is 2.23. The molecule has 19 heavy (non-hydrogen) atoms. The van der Waals surface area contributed by atoms with Crippen molar-refractivity contribution in [2.24, 2.45) is 10.8 Å². The average molecular weight is 279 g/mol. The van der Waals surface area contributed by atoms with Crippen LogP contribution in [-0.2, 0) is 5.41 Å². The van der Waals surface area contributed by atoms with Crippen LogP contribution in [0.2, 0.25) is 5.02 Å². The number of rotatable bonds is 0. The summed E-state index contributed by atoms with van der Waals surface area (Å²) in [4.78, 5) is 0. The Labute approximate surface area is 121 Å². The fraction of sp³-hybridized carbons (Fsp3) is 0.647. The van der Waals surface area contributed by atoms with E-state index in [-0.39, 0.29) is 22.3 Å². The fourth-order valence-corrected chi connectivity index (χ4v) is 5.45. The number of halogens is 1. The van der Waals surface area contributed by atoms with Crippen LogP contribution in [0.4, 0.5) is 0 Å². The van der Waals surface area contributed by atoms with E-state index in [0.717, 1.165) is 29.8 Å². The molecular weight excluding hydrogens is 256 g/mol. The van der Waals surface area contributed by atoms with Crippen LogP contribution in [0.1, 0.15) is 64.2 Å². The molecule has 1 aromatic rings. The van der Waals surface area contributed by atoms with E-state index >= 15 is 0 Å². The molecule has 0 radical (unpaired) electrons. The number of hydrogen-bond acceptors (Lipinski definition) is 1. The quantitative estimate of drug-likeness (QED) is 0.718. The molecule has 3 rings (SSSR count). The zero-order chi connectivity index (χ0) is 14.1. The van der Waals surface area contributed by atoms with Crippen LogP contribution in [-0.4, -0.2) is 5.11 Å². The summed E-state index contributed by atoms with van der Waals surface area (Å²) >= 11 is 6.19. The van der Waals surface area contributed by atoms with Gasteiger partial charge in [0.15, 0.2) is 0 Å². The van der Waals surface area contributed by atoms with Gasteiger partial charge >= 0.3 is 0 Å². The maximum Gasteiger partial charge on any atom is 0.0846 e. The molecule has 1 saturated carbocycles. The lowest BCUT2D eigenvalue weighted by Crippen LogP contribution is -2.50. The van der Waals surface area contributed by atoms with Crippen molar-refractivity contribution >= 4 is 11.6 Å². The Morgan fingerprint density at radius 2 is 1.79 bits per heavy atom. The lowest BCUT2D eigenvalue weighted by Gasteiger charge is -2.58. The van der Waals surface area contributed by atoms with Crippen molar-refractivity contribution in [2.45, 2.75) is 58.5 Å². The van der Waals surface area contributed by atoms with Crippen LogP contribution in [0, 0.1) is 10.8 Å². The van der Waals surface area contributed by atoms with Gasteiger partial charge in [-0.1, -0.05) is 45.4 Å². The van der Waals surface area contributed by atoms with Crippen molar-refractivity contribution in [3.8, 4) is 0 Å². The van der Waals surface area contributed by atoms with Crippen LogP contribution in [0.3, 0.4) is 0 Å². The molecule has 1 fully saturated rings. The van der Waals surface area contributed by atoms with Crippen LogP contribution in [0.25, 0.3) is 0 Å². The van der Waals surface area contributed by atoms with E-state index in [1.165, 1.54) is 5.56 Å². The Kier molecular flexibility index (Phi) is 2.67. The lowest BCUT2D eigenvalue weighted by molar-refractivity contribution is -0.0719. The maximum absolute atomic E-state index is 10.8. The lowest BCUT2D eigenvalue weighted by atomic mass is 9.48. The van der Waals surface area contributed by atoms with E-state index < -0.39 is 0 Å². The Morgan fingerprint density at radius 1 is 1.11 bits per heavy atom. The number of aliphatic hydroxyl groups is 1. The second kappa shape index (κ2) is 3.77. The first-order valence-corrected chi connectivity index (χ1v) is 7.51. The predicted octanol–water partition coefficient (Wildman–Crippen LogP) is 4.86. The molecule has 1 N–H and O–H groups in total. The third-order valence-electron chi connectivity index (χ3n) is 5.17. The average Bonchev–Trinajstić information content (AvgIpc) is 2.23. The van der Waals surface area contributed by atoms with Crippen molar-refractivity contribution in [3.05, 3.63) is 34.3 Å².